The molecule has 0 aromatic heterocycles. The molecule has 0 aliphatic carbocycles. The minimum atomic E-state index is -5.87. The summed E-state index contributed by atoms with van der Waals surface area (Å²) in [6.07, 6.45) is 1.50. The molecule has 0 amide bonds. The van der Waals surface area contributed by atoms with Gasteiger partial charge in [-0.3, -0.25) is 0 Å². The van der Waals surface area contributed by atoms with Crippen molar-refractivity contribution in [2.45, 2.75) is 4.90 Å². The summed E-state index contributed by atoms with van der Waals surface area (Å²) in [7, 11) is -10.2. The highest BCUT2D eigenvalue weighted by molar-refractivity contribution is 7.87. The van der Waals surface area contributed by atoms with E-state index < -0.39 is 66.5 Å². The predicted molar refractivity (Wildman–Crippen MR) is 90.7 cm³/mol. The van der Waals surface area contributed by atoms with Crippen LogP contribution in [0.5, 0.6) is 11.5 Å². The topological polar surface area (TPSA) is 110 Å². The summed E-state index contributed by atoms with van der Waals surface area (Å²) in [4.78, 5) is -2.35. The Morgan fingerprint density at radius 2 is 1.45 bits per heavy atom. The highest BCUT2D eigenvalue weighted by Gasteiger charge is 2.30. The molecule has 2 rings (SSSR count). The van der Waals surface area contributed by atoms with E-state index in [0.29, 0.717) is 5.56 Å². The number of benzene rings is 2. The van der Waals surface area contributed by atoms with E-state index in [1.54, 1.807) is 0 Å². The number of ether oxygens (including phenoxy) is 1. The third-order valence-electron chi connectivity index (χ3n) is 3.35. The first-order chi connectivity index (χ1) is 13.4. The quantitative estimate of drug-likeness (QED) is 0.260. The van der Waals surface area contributed by atoms with E-state index >= 15 is 0 Å². The van der Waals surface area contributed by atoms with Crippen LogP contribution in [0.25, 0.3) is 6.08 Å². The van der Waals surface area contributed by atoms with Crippen LogP contribution in [0.2, 0.25) is 0 Å². The Morgan fingerprint density at radius 3 is 1.90 bits per heavy atom. The van der Waals surface area contributed by atoms with Gasteiger partial charge in [-0.1, -0.05) is 24.8 Å². The molecule has 29 heavy (non-hydrogen) atoms. The van der Waals surface area contributed by atoms with Crippen LogP contribution < -0.4 is 8.92 Å². The minimum Gasteiger partial charge on any atom is -0.744 e. The second kappa shape index (κ2) is 8.39. The van der Waals surface area contributed by atoms with Gasteiger partial charge in [0.2, 0.25) is 11.6 Å². The zero-order valence-corrected chi connectivity index (χ0v) is 15.8. The Bertz CT molecular complexity index is 1120. The highest BCUT2D eigenvalue weighted by Crippen LogP contribution is 2.32. The highest BCUT2D eigenvalue weighted by atomic mass is 32.2. The molecule has 0 bridgehead atoms. The fraction of sp³-hybridized carbons (Fsp3) is 0.125. The molecule has 0 aliphatic rings. The molecule has 0 unspecified atom stereocenters. The van der Waals surface area contributed by atoms with Gasteiger partial charge in [0.15, 0.2) is 17.4 Å². The molecule has 158 valence electrons. The number of halogens is 4. The van der Waals surface area contributed by atoms with Crippen molar-refractivity contribution >= 4 is 26.3 Å². The van der Waals surface area contributed by atoms with Crippen molar-refractivity contribution in [3.8, 4) is 11.5 Å². The Balaban J connectivity index is 2.16. The molecule has 0 atom stereocenters. The normalized spacial score (nSPS) is 11.9. The Morgan fingerprint density at radius 1 is 0.931 bits per heavy atom. The lowest BCUT2D eigenvalue weighted by atomic mass is 10.2. The van der Waals surface area contributed by atoms with Gasteiger partial charge in [-0.15, -0.1) is 0 Å². The van der Waals surface area contributed by atoms with Gasteiger partial charge in [0.05, 0.1) is 0 Å². The molecule has 0 fully saturated rings. The largest absolute Gasteiger partial charge is 0.744 e. The molecule has 0 saturated carbocycles. The average Bonchev–Trinajstić information content (AvgIpc) is 2.62. The summed E-state index contributed by atoms with van der Waals surface area (Å²) < 4.78 is 120. The summed E-state index contributed by atoms with van der Waals surface area (Å²) in [5, 5.41) is 0. The maximum absolute atomic E-state index is 13.8. The fourth-order valence-corrected chi connectivity index (χ4v) is 3.42. The van der Waals surface area contributed by atoms with Gasteiger partial charge in [0.25, 0.3) is 0 Å². The zero-order valence-electron chi connectivity index (χ0n) is 14.2. The molecule has 0 aliphatic heterocycles. The van der Waals surface area contributed by atoms with Crippen LogP contribution in [-0.2, 0) is 20.2 Å². The van der Waals surface area contributed by atoms with Crippen LogP contribution in [-0.4, -0.2) is 33.7 Å². The van der Waals surface area contributed by atoms with Gasteiger partial charge in [-0.05, 0) is 17.7 Å². The molecule has 2 aromatic rings. The number of hydrogen-bond acceptors (Lipinski definition) is 7. The lowest BCUT2D eigenvalue weighted by Crippen LogP contribution is -2.20. The maximum atomic E-state index is 13.8. The molecule has 0 spiro atoms. The van der Waals surface area contributed by atoms with Gasteiger partial charge < -0.3 is 13.5 Å². The minimum absolute atomic E-state index is 0.0879. The van der Waals surface area contributed by atoms with Crippen LogP contribution in [0, 0.1) is 23.3 Å². The first-order valence-corrected chi connectivity index (χ1v) is 10.4. The molecule has 7 nitrogen and oxygen atoms in total. The van der Waals surface area contributed by atoms with Gasteiger partial charge >= 0.3 is 10.1 Å². The summed E-state index contributed by atoms with van der Waals surface area (Å²) in [6, 6.07) is 5.61. The number of rotatable bonds is 8. The Kier molecular flexibility index (Phi) is 6.55. The first kappa shape index (κ1) is 22.6. The van der Waals surface area contributed by atoms with E-state index in [0.717, 1.165) is 0 Å². The standard InChI is InChI=1S/C16H12F4O7S2/c1-2-9-3-5-10(6-4-9)27-28(21,22)8-7-26-15-11(17)13(19)16(29(23,24)25)14(20)12(15)18/h2-6H,1,7-8H2,(H,23,24,25)/p-1. The fourth-order valence-electron chi connectivity index (χ4n) is 2.03. The molecule has 0 N–H and O–H groups in total. The van der Waals surface area contributed by atoms with Crippen molar-refractivity contribution in [3.05, 3.63) is 59.7 Å². The predicted octanol–water partition coefficient (Wildman–Crippen LogP) is 2.58. The average molecular weight is 455 g/mol. The Hall–Kier alpha value is -2.64. The van der Waals surface area contributed by atoms with E-state index in [9.17, 15) is 39.0 Å². The monoisotopic (exact) mass is 455 g/mol. The summed E-state index contributed by atoms with van der Waals surface area (Å²) in [6.45, 7) is 2.50. The van der Waals surface area contributed by atoms with Crippen LogP contribution in [0.1, 0.15) is 5.56 Å². The molecule has 0 radical (unpaired) electrons. The molecular weight excluding hydrogens is 444 g/mol. The molecule has 0 saturated heterocycles. The van der Waals surface area contributed by atoms with E-state index in [1.807, 2.05) is 0 Å². The van der Waals surface area contributed by atoms with Crippen molar-refractivity contribution in [2.24, 2.45) is 0 Å². The zero-order chi connectivity index (χ0) is 22.0. The van der Waals surface area contributed by atoms with E-state index in [1.165, 1.54) is 30.3 Å². The van der Waals surface area contributed by atoms with Crippen molar-refractivity contribution in [2.75, 3.05) is 12.4 Å². The van der Waals surface area contributed by atoms with Crippen molar-refractivity contribution in [3.63, 3.8) is 0 Å². The van der Waals surface area contributed by atoms with Crippen LogP contribution in [0.3, 0.4) is 0 Å². The summed E-state index contributed by atoms with van der Waals surface area (Å²) in [5.41, 5.74) is 0.677. The summed E-state index contributed by atoms with van der Waals surface area (Å²) >= 11 is 0. The van der Waals surface area contributed by atoms with E-state index in [4.69, 9.17) is 4.18 Å². The van der Waals surface area contributed by atoms with Crippen molar-refractivity contribution in [1.29, 1.82) is 0 Å². The smallest absolute Gasteiger partial charge is 0.312 e. The first-order valence-electron chi connectivity index (χ1n) is 7.46. The van der Waals surface area contributed by atoms with Crippen LogP contribution in [0.15, 0.2) is 35.7 Å². The van der Waals surface area contributed by atoms with E-state index in [-0.39, 0.29) is 5.75 Å². The molecular formula is C16H11F4O7S2-. The van der Waals surface area contributed by atoms with Crippen molar-refractivity contribution in [1.82, 2.24) is 0 Å². The van der Waals surface area contributed by atoms with Gasteiger partial charge in [-0.2, -0.15) is 17.2 Å². The third kappa shape index (κ3) is 5.25. The van der Waals surface area contributed by atoms with Gasteiger partial charge in [0.1, 0.15) is 33.1 Å². The lowest BCUT2D eigenvalue weighted by Gasteiger charge is -2.14. The second-order valence-electron chi connectivity index (χ2n) is 5.34. The van der Waals surface area contributed by atoms with Crippen LogP contribution in [0.4, 0.5) is 17.6 Å². The molecule has 13 heteroatoms. The molecule has 0 heterocycles. The maximum Gasteiger partial charge on any atom is 0.312 e. The second-order valence-corrected chi connectivity index (χ2v) is 8.34. The summed E-state index contributed by atoms with van der Waals surface area (Å²) in [5.74, 6) is -12.4. The van der Waals surface area contributed by atoms with Crippen LogP contribution >= 0.6 is 0 Å². The van der Waals surface area contributed by atoms with Gasteiger partial charge in [0, 0.05) is 0 Å². The Labute approximate surface area is 163 Å². The molecule has 2 aromatic carbocycles. The van der Waals surface area contributed by atoms with E-state index in [2.05, 4.69) is 11.3 Å². The lowest BCUT2D eigenvalue weighted by molar-refractivity contribution is 0.279. The third-order valence-corrected chi connectivity index (χ3v) is 5.32. The van der Waals surface area contributed by atoms with Crippen molar-refractivity contribution < 1.29 is 47.9 Å². The SMILES string of the molecule is C=Cc1ccc(OS(=O)(=O)CCOc2c(F)c(F)c(S(=O)(=O)[O-])c(F)c2F)cc1. The van der Waals surface area contributed by atoms with Gasteiger partial charge in [-0.25, -0.2) is 17.2 Å². The number of hydrogen-bond donors (Lipinski definition) is 0.